The predicted octanol–water partition coefficient (Wildman–Crippen LogP) is 3.01. The minimum absolute atomic E-state index is 0.00150. The number of nitrogens with zero attached hydrogens (tertiary/aromatic N) is 2. The Hall–Kier alpha value is -3.52. The highest BCUT2D eigenvalue weighted by atomic mass is 35.5. The predicted molar refractivity (Wildman–Crippen MR) is 116 cm³/mol. The SMILES string of the molecule is COc1ccc(C)cc1NC(=O)CNC(=O)CNc1ccc(-n2cccn2)c(Cl)c1. The summed E-state index contributed by atoms with van der Waals surface area (Å²) in [6.07, 6.45) is 3.46. The van der Waals surface area contributed by atoms with Crippen molar-refractivity contribution in [3.8, 4) is 11.4 Å². The molecule has 0 spiro atoms. The number of halogens is 1. The molecule has 8 nitrogen and oxygen atoms in total. The highest BCUT2D eigenvalue weighted by molar-refractivity contribution is 6.32. The minimum atomic E-state index is -0.348. The van der Waals surface area contributed by atoms with Crippen LogP contribution in [0.25, 0.3) is 5.69 Å². The third kappa shape index (κ3) is 5.51. The van der Waals surface area contributed by atoms with Crippen LogP contribution in [0.15, 0.2) is 54.9 Å². The second-order valence-electron chi connectivity index (χ2n) is 6.50. The zero-order chi connectivity index (χ0) is 21.5. The average molecular weight is 428 g/mol. The molecule has 9 heteroatoms. The molecular weight excluding hydrogens is 406 g/mol. The van der Waals surface area contributed by atoms with E-state index in [0.717, 1.165) is 11.3 Å². The number of carbonyl (C=O) groups excluding carboxylic acids is 2. The highest BCUT2D eigenvalue weighted by Gasteiger charge is 2.10. The third-order valence-electron chi connectivity index (χ3n) is 4.23. The van der Waals surface area contributed by atoms with Crippen molar-refractivity contribution in [2.45, 2.75) is 6.92 Å². The van der Waals surface area contributed by atoms with Gasteiger partial charge in [0, 0.05) is 18.1 Å². The van der Waals surface area contributed by atoms with Gasteiger partial charge in [0.15, 0.2) is 0 Å². The van der Waals surface area contributed by atoms with Crippen molar-refractivity contribution in [1.82, 2.24) is 15.1 Å². The lowest BCUT2D eigenvalue weighted by molar-refractivity contribution is -0.122. The van der Waals surface area contributed by atoms with Crippen molar-refractivity contribution in [2.24, 2.45) is 0 Å². The van der Waals surface area contributed by atoms with E-state index < -0.39 is 0 Å². The smallest absolute Gasteiger partial charge is 0.243 e. The van der Waals surface area contributed by atoms with Crippen molar-refractivity contribution in [2.75, 3.05) is 30.8 Å². The van der Waals surface area contributed by atoms with Crippen LogP contribution >= 0.6 is 11.6 Å². The number of carbonyl (C=O) groups is 2. The number of methoxy groups -OCH3 is 1. The highest BCUT2D eigenvalue weighted by Crippen LogP contribution is 2.25. The van der Waals surface area contributed by atoms with Gasteiger partial charge in [-0.1, -0.05) is 17.7 Å². The summed E-state index contributed by atoms with van der Waals surface area (Å²) in [5.74, 6) is -0.120. The van der Waals surface area contributed by atoms with Crippen LogP contribution in [0, 0.1) is 6.92 Å². The van der Waals surface area contributed by atoms with Crippen molar-refractivity contribution < 1.29 is 14.3 Å². The molecule has 0 radical (unpaired) electrons. The van der Waals surface area contributed by atoms with E-state index in [0.29, 0.717) is 22.1 Å². The molecule has 0 fully saturated rings. The normalized spacial score (nSPS) is 10.4. The Labute approximate surface area is 179 Å². The number of benzene rings is 2. The largest absolute Gasteiger partial charge is 0.495 e. The maximum atomic E-state index is 12.1. The maximum absolute atomic E-state index is 12.1. The minimum Gasteiger partial charge on any atom is -0.495 e. The van der Waals surface area contributed by atoms with E-state index in [-0.39, 0.29) is 24.9 Å². The van der Waals surface area contributed by atoms with Gasteiger partial charge in [-0.2, -0.15) is 5.10 Å². The second kappa shape index (κ2) is 9.80. The molecule has 0 bridgehead atoms. The third-order valence-corrected chi connectivity index (χ3v) is 4.53. The van der Waals surface area contributed by atoms with Crippen molar-refractivity contribution in [1.29, 1.82) is 0 Å². The van der Waals surface area contributed by atoms with Crippen molar-refractivity contribution in [3.05, 3.63) is 65.4 Å². The Morgan fingerprint density at radius 3 is 2.67 bits per heavy atom. The average Bonchev–Trinajstić information content (AvgIpc) is 3.25. The number of ether oxygens (including phenoxy) is 1. The Bertz CT molecular complexity index is 1040. The number of rotatable bonds is 8. The zero-order valence-electron chi connectivity index (χ0n) is 16.6. The molecule has 0 saturated carbocycles. The number of anilines is 2. The molecule has 3 N–H and O–H groups in total. The maximum Gasteiger partial charge on any atom is 0.243 e. The van der Waals surface area contributed by atoms with E-state index >= 15 is 0 Å². The Morgan fingerprint density at radius 2 is 1.97 bits per heavy atom. The number of amides is 2. The molecule has 0 unspecified atom stereocenters. The summed E-state index contributed by atoms with van der Waals surface area (Å²) in [5.41, 5.74) is 2.96. The molecule has 156 valence electrons. The number of aromatic nitrogens is 2. The van der Waals surface area contributed by atoms with E-state index in [1.54, 1.807) is 53.5 Å². The van der Waals surface area contributed by atoms with Gasteiger partial charge in [-0.15, -0.1) is 0 Å². The van der Waals surface area contributed by atoms with Gasteiger partial charge in [-0.3, -0.25) is 9.59 Å². The van der Waals surface area contributed by atoms with Crippen molar-refractivity contribution >= 4 is 34.8 Å². The first-order valence-electron chi connectivity index (χ1n) is 9.21. The number of aryl methyl sites for hydroxylation is 1. The van der Waals surface area contributed by atoms with Crippen LogP contribution < -0.4 is 20.7 Å². The van der Waals surface area contributed by atoms with Gasteiger partial charge in [0.05, 0.1) is 36.6 Å². The van der Waals surface area contributed by atoms with Crippen LogP contribution in [0.2, 0.25) is 5.02 Å². The fourth-order valence-electron chi connectivity index (χ4n) is 2.75. The molecule has 30 heavy (non-hydrogen) atoms. The monoisotopic (exact) mass is 427 g/mol. The van der Waals surface area contributed by atoms with E-state index in [1.165, 1.54) is 7.11 Å². The van der Waals surface area contributed by atoms with Crippen LogP contribution in [-0.4, -0.2) is 41.8 Å². The number of hydrogen-bond donors (Lipinski definition) is 3. The summed E-state index contributed by atoms with van der Waals surface area (Å²) < 4.78 is 6.88. The first kappa shape index (κ1) is 21.2. The molecule has 1 aromatic heterocycles. The first-order valence-corrected chi connectivity index (χ1v) is 9.58. The van der Waals surface area contributed by atoms with Gasteiger partial charge >= 0.3 is 0 Å². The molecule has 0 saturated heterocycles. The molecule has 0 atom stereocenters. The van der Waals surface area contributed by atoms with Gasteiger partial charge in [0.25, 0.3) is 0 Å². The lowest BCUT2D eigenvalue weighted by atomic mass is 10.2. The molecule has 0 aliphatic carbocycles. The standard InChI is InChI=1S/C21H22ClN5O3/c1-14-4-7-19(30-2)17(10-14)26-21(29)13-24-20(28)12-23-15-5-6-18(16(22)11-15)27-9-3-8-25-27/h3-11,23H,12-13H2,1-2H3,(H,24,28)(H,26,29). The second-order valence-corrected chi connectivity index (χ2v) is 6.91. The Balaban J connectivity index is 1.48. The molecule has 2 aromatic carbocycles. The van der Waals surface area contributed by atoms with E-state index in [1.807, 2.05) is 13.0 Å². The van der Waals surface area contributed by atoms with E-state index in [4.69, 9.17) is 16.3 Å². The van der Waals surface area contributed by atoms with Gasteiger partial charge in [0.2, 0.25) is 11.8 Å². The van der Waals surface area contributed by atoms with Crippen molar-refractivity contribution in [3.63, 3.8) is 0 Å². The van der Waals surface area contributed by atoms with Crippen LogP contribution in [0.4, 0.5) is 11.4 Å². The summed E-state index contributed by atoms with van der Waals surface area (Å²) in [6, 6.07) is 12.6. The molecule has 0 aliphatic heterocycles. The molecular formula is C21H22ClN5O3. The lowest BCUT2D eigenvalue weighted by Gasteiger charge is -2.12. The fraction of sp³-hybridized carbons (Fsp3) is 0.190. The number of hydrogen-bond acceptors (Lipinski definition) is 5. The van der Waals surface area contributed by atoms with Gasteiger partial charge < -0.3 is 20.7 Å². The van der Waals surface area contributed by atoms with Crippen LogP contribution in [0.3, 0.4) is 0 Å². The van der Waals surface area contributed by atoms with E-state index in [2.05, 4.69) is 21.0 Å². The Morgan fingerprint density at radius 1 is 1.13 bits per heavy atom. The molecule has 0 aliphatic rings. The van der Waals surface area contributed by atoms with E-state index in [9.17, 15) is 9.59 Å². The van der Waals surface area contributed by atoms with Crippen LogP contribution in [0.1, 0.15) is 5.56 Å². The Kier molecular flexibility index (Phi) is 6.92. The summed E-state index contributed by atoms with van der Waals surface area (Å²) in [6.45, 7) is 1.76. The summed E-state index contributed by atoms with van der Waals surface area (Å²) in [7, 11) is 1.53. The molecule has 2 amide bonds. The quantitative estimate of drug-likeness (QED) is 0.513. The van der Waals surface area contributed by atoms with Gasteiger partial charge in [-0.05, 0) is 48.9 Å². The van der Waals surface area contributed by atoms with Gasteiger partial charge in [-0.25, -0.2) is 4.68 Å². The first-order chi connectivity index (χ1) is 14.5. The molecule has 3 aromatic rings. The lowest BCUT2D eigenvalue weighted by Crippen LogP contribution is -2.36. The molecule has 1 heterocycles. The van der Waals surface area contributed by atoms with Gasteiger partial charge in [0.1, 0.15) is 5.75 Å². The topological polar surface area (TPSA) is 97.3 Å². The summed E-state index contributed by atoms with van der Waals surface area (Å²) in [5, 5.41) is 12.9. The zero-order valence-corrected chi connectivity index (χ0v) is 17.4. The fourth-order valence-corrected chi connectivity index (χ4v) is 3.02. The van der Waals surface area contributed by atoms with Crippen LogP contribution in [-0.2, 0) is 9.59 Å². The van der Waals surface area contributed by atoms with Crippen LogP contribution in [0.5, 0.6) is 5.75 Å². The number of nitrogens with one attached hydrogen (secondary N) is 3. The summed E-state index contributed by atoms with van der Waals surface area (Å²) >= 11 is 6.29. The summed E-state index contributed by atoms with van der Waals surface area (Å²) in [4.78, 5) is 24.2. The molecule has 3 rings (SSSR count).